The van der Waals surface area contributed by atoms with Crippen LogP contribution in [0.2, 0.25) is 0 Å². The topological polar surface area (TPSA) is 60.9 Å². The maximum atomic E-state index is 12.5. The van der Waals surface area contributed by atoms with Crippen molar-refractivity contribution in [2.45, 2.75) is 0 Å². The molecule has 0 unspecified atom stereocenters. The Hall–Kier alpha value is -1.82. The van der Waals surface area contributed by atoms with Crippen molar-refractivity contribution in [1.29, 1.82) is 0 Å². The SMILES string of the molecule is NC(=O)c1cc(-c2ccccc2)nn1SF. The smallest absolute Gasteiger partial charge is 0.268 e. The molecule has 0 aliphatic rings. The molecule has 1 aromatic carbocycles. The quantitative estimate of drug-likeness (QED) is 0.888. The highest BCUT2D eigenvalue weighted by atomic mass is 32.2. The number of amides is 1. The number of nitrogens with two attached hydrogens (primary N) is 1. The molecule has 82 valence electrons. The van der Waals surface area contributed by atoms with Crippen molar-refractivity contribution >= 4 is 18.2 Å². The zero-order valence-electron chi connectivity index (χ0n) is 8.13. The average Bonchev–Trinajstić information content (AvgIpc) is 2.74. The molecule has 0 spiro atoms. The Kier molecular flexibility index (Phi) is 2.91. The zero-order valence-corrected chi connectivity index (χ0v) is 8.95. The van der Waals surface area contributed by atoms with Crippen molar-refractivity contribution in [2.75, 3.05) is 0 Å². The highest BCUT2D eigenvalue weighted by Gasteiger charge is 2.14. The van der Waals surface area contributed by atoms with Crippen molar-refractivity contribution in [1.82, 2.24) is 9.19 Å². The molecule has 1 aromatic heterocycles. The lowest BCUT2D eigenvalue weighted by Gasteiger charge is -1.94. The van der Waals surface area contributed by atoms with E-state index in [1.165, 1.54) is 6.07 Å². The van der Waals surface area contributed by atoms with E-state index >= 15 is 0 Å². The molecule has 0 saturated heterocycles. The summed E-state index contributed by atoms with van der Waals surface area (Å²) in [5.74, 6) is -0.708. The molecule has 0 atom stereocenters. The Morgan fingerprint density at radius 1 is 1.38 bits per heavy atom. The second kappa shape index (κ2) is 4.36. The van der Waals surface area contributed by atoms with Gasteiger partial charge in [0.2, 0.25) is 0 Å². The molecule has 4 nitrogen and oxygen atoms in total. The van der Waals surface area contributed by atoms with Crippen LogP contribution in [0, 0.1) is 0 Å². The summed E-state index contributed by atoms with van der Waals surface area (Å²) in [6, 6.07) is 10.6. The minimum absolute atomic E-state index is 0.0337. The molecule has 2 aromatic rings. The first-order valence-electron chi connectivity index (χ1n) is 4.46. The van der Waals surface area contributed by atoms with Gasteiger partial charge >= 0.3 is 0 Å². The molecule has 0 bridgehead atoms. The van der Waals surface area contributed by atoms with Crippen LogP contribution in [0.25, 0.3) is 11.3 Å². The van der Waals surface area contributed by atoms with Crippen LogP contribution in [0.4, 0.5) is 3.89 Å². The number of primary amides is 1. The fourth-order valence-electron chi connectivity index (χ4n) is 1.33. The number of rotatable bonds is 3. The Morgan fingerprint density at radius 3 is 2.56 bits per heavy atom. The fourth-order valence-corrected chi connectivity index (χ4v) is 1.67. The van der Waals surface area contributed by atoms with Crippen LogP contribution in [0.1, 0.15) is 10.5 Å². The zero-order chi connectivity index (χ0) is 11.5. The van der Waals surface area contributed by atoms with Gasteiger partial charge in [-0.3, -0.25) is 4.79 Å². The molecular weight excluding hydrogens is 229 g/mol. The fraction of sp³-hybridized carbons (Fsp3) is 0. The first kappa shape index (κ1) is 10.7. The van der Waals surface area contributed by atoms with E-state index in [2.05, 4.69) is 5.10 Å². The van der Waals surface area contributed by atoms with Crippen molar-refractivity contribution in [2.24, 2.45) is 5.73 Å². The summed E-state index contributed by atoms with van der Waals surface area (Å²) >= 11 is -0.156. The lowest BCUT2D eigenvalue weighted by molar-refractivity contribution is 0.0994. The second-order valence-corrected chi connectivity index (χ2v) is 3.57. The van der Waals surface area contributed by atoms with Gasteiger partial charge in [0.15, 0.2) is 12.3 Å². The molecule has 0 radical (unpaired) electrons. The first-order valence-corrected chi connectivity index (χ1v) is 5.14. The third kappa shape index (κ3) is 1.92. The van der Waals surface area contributed by atoms with Crippen molar-refractivity contribution in [3.63, 3.8) is 0 Å². The standard InChI is InChI=1S/C10H8FN3OS/c11-16-14-9(10(12)15)6-8(13-14)7-4-2-1-3-5-7/h1-6H,(H2,12,15). The molecule has 6 heteroatoms. The summed E-state index contributed by atoms with van der Waals surface area (Å²) < 4.78 is 13.4. The lowest BCUT2D eigenvalue weighted by Crippen LogP contribution is -2.14. The Bertz CT molecular complexity index is 512. The Morgan fingerprint density at radius 2 is 2.06 bits per heavy atom. The van der Waals surface area contributed by atoms with Crippen LogP contribution < -0.4 is 5.73 Å². The van der Waals surface area contributed by atoms with Gasteiger partial charge in [0.25, 0.3) is 5.91 Å². The number of benzene rings is 1. The first-order chi connectivity index (χ1) is 7.72. The largest absolute Gasteiger partial charge is 0.364 e. The van der Waals surface area contributed by atoms with E-state index in [1.54, 1.807) is 0 Å². The van der Waals surface area contributed by atoms with Gasteiger partial charge < -0.3 is 5.73 Å². The number of carbonyl (C=O) groups excluding carboxylic acids is 1. The third-order valence-electron chi connectivity index (χ3n) is 2.07. The Labute approximate surface area is 95.7 Å². The molecule has 2 N–H and O–H groups in total. The van der Waals surface area contributed by atoms with Crippen LogP contribution >= 0.6 is 12.3 Å². The van der Waals surface area contributed by atoms with Gasteiger partial charge in [-0.05, 0) is 6.07 Å². The number of aromatic nitrogens is 2. The van der Waals surface area contributed by atoms with Crippen molar-refractivity contribution < 1.29 is 8.68 Å². The van der Waals surface area contributed by atoms with Gasteiger partial charge in [-0.2, -0.15) is 9.19 Å². The lowest BCUT2D eigenvalue weighted by atomic mass is 10.1. The number of halogens is 1. The molecule has 16 heavy (non-hydrogen) atoms. The summed E-state index contributed by atoms with van der Waals surface area (Å²) in [6.45, 7) is 0. The monoisotopic (exact) mass is 237 g/mol. The van der Waals surface area contributed by atoms with Gasteiger partial charge in [-0.1, -0.05) is 30.3 Å². The van der Waals surface area contributed by atoms with Crippen molar-refractivity contribution in [3.05, 3.63) is 42.1 Å². The summed E-state index contributed by atoms with van der Waals surface area (Å²) in [5.41, 5.74) is 6.45. The summed E-state index contributed by atoms with van der Waals surface area (Å²) in [4.78, 5) is 11.0. The summed E-state index contributed by atoms with van der Waals surface area (Å²) in [5, 5.41) is 3.92. The molecule has 0 aliphatic heterocycles. The predicted molar refractivity (Wildman–Crippen MR) is 60.3 cm³/mol. The van der Waals surface area contributed by atoms with Crippen LogP contribution in [-0.4, -0.2) is 15.1 Å². The minimum Gasteiger partial charge on any atom is -0.364 e. The highest BCUT2D eigenvalue weighted by Crippen LogP contribution is 2.21. The van der Waals surface area contributed by atoms with Gasteiger partial charge in [0.1, 0.15) is 5.69 Å². The van der Waals surface area contributed by atoms with Gasteiger partial charge in [0.05, 0.1) is 5.69 Å². The predicted octanol–water partition coefficient (Wildman–Crippen LogP) is 2.03. The molecule has 0 fully saturated rings. The minimum atomic E-state index is -0.708. The van der Waals surface area contributed by atoms with E-state index in [0.717, 1.165) is 9.65 Å². The van der Waals surface area contributed by atoms with Crippen LogP contribution in [-0.2, 0) is 0 Å². The normalized spacial score (nSPS) is 10.3. The third-order valence-corrected chi connectivity index (χ3v) is 2.47. The van der Waals surface area contributed by atoms with Crippen LogP contribution in [0.5, 0.6) is 0 Å². The van der Waals surface area contributed by atoms with Gasteiger partial charge in [-0.15, -0.1) is 3.89 Å². The molecule has 2 rings (SSSR count). The molecule has 0 aliphatic carbocycles. The second-order valence-electron chi connectivity index (χ2n) is 3.09. The maximum absolute atomic E-state index is 12.5. The van der Waals surface area contributed by atoms with Crippen LogP contribution in [0.15, 0.2) is 36.4 Å². The van der Waals surface area contributed by atoms with Crippen molar-refractivity contribution in [3.8, 4) is 11.3 Å². The Balaban J connectivity index is 2.48. The summed E-state index contributed by atoms with van der Waals surface area (Å²) in [7, 11) is 0. The summed E-state index contributed by atoms with van der Waals surface area (Å²) in [6.07, 6.45) is 0. The van der Waals surface area contributed by atoms with Gasteiger partial charge in [0, 0.05) is 5.56 Å². The molecule has 1 heterocycles. The molecule has 1 amide bonds. The van der Waals surface area contributed by atoms with Crippen LogP contribution in [0.3, 0.4) is 0 Å². The highest BCUT2D eigenvalue weighted by molar-refractivity contribution is 7.92. The van der Waals surface area contributed by atoms with E-state index in [0.29, 0.717) is 5.69 Å². The van der Waals surface area contributed by atoms with Gasteiger partial charge in [-0.25, -0.2) is 0 Å². The maximum Gasteiger partial charge on any atom is 0.268 e. The van der Waals surface area contributed by atoms with E-state index in [9.17, 15) is 8.68 Å². The number of hydrogen-bond acceptors (Lipinski definition) is 3. The average molecular weight is 237 g/mol. The number of nitrogens with zero attached hydrogens (tertiary/aromatic N) is 2. The molecular formula is C10H8FN3OS. The van der Waals surface area contributed by atoms with E-state index in [-0.39, 0.29) is 18.0 Å². The number of hydrogen-bond donors (Lipinski definition) is 1. The number of carbonyl (C=O) groups is 1. The van der Waals surface area contributed by atoms with E-state index in [1.807, 2.05) is 30.3 Å². The van der Waals surface area contributed by atoms with E-state index < -0.39 is 5.91 Å². The van der Waals surface area contributed by atoms with E-state index in [4.69, 9.17) is 5.73 Å². The molecule has 0 saturated carbocycles.